The molecule has 0 amide bonds. The zero-order chi connectivity index (χ0) is 22.1. The number of ether oxygens (including phenoxy) is 2. The molecule has 2 aromatic rings. The van der Waals surface area contributed by atoms with Crippen LogP contribution >= 0.6 is 15.9 Å². The van der Waals surface area contributed by atoms with E-state index in [1.165, 1.54) is 9.13 Å². The summed E-state index contributed by atoms with van der Waals surface area (Å²) in [5.41, 5.74) is -0.423. The van der Waals surface area contributed by atoms with Crippen molar-refractivity contribution in [1.82, 2.24) is 9.13 Å². The minimum atomic E-state index is -0.945. The number of aryl methyl sites for hydroxylation is 1. The molecule has 0 fully saturated rings. The molecule has 29 heavy (non-hydrogen) atoms. The van der Waals surface area contributed by atoms with Crippen molar-refractivity contribution >= 4 is 38.9 Å². The van der Waals surface area contributed by atoms with Crippen LogP contribution in [0.4, 0.5) is 0 Å². The maximum Gasteiger partial charge on any atom is 0.329 e. The fraction of sp³-hybridized carbons (Fsp3) is 0.571. The first-order valence-corrected chi connectivity index (χ1v) is 10.3. The van der Waals surface area contributed by atoms with Gasteiger partial charge in [-0.1, -0.05) is 15.9 Å². The molecule has 1 aromatic heterocycles. The summed E-state index contributed by atoms with van der Waals surface area (Å²) in [4.78, 5) is 38.2. The van der Waals surface area contributed by atoms with Gasteiger partial charge in [0.15, 0.2) is 0 Å². The Bertz CT molecular complexity index is 976. The monoisotopic (exact) mass is 468 g/mol. The van der Waals surface area contributed by atoms with Gasteiger partial charge in [-0.3, -0.25) is 13.9 Å². The van der Waals surface area contributed by atoms with E-state index in [1.807, 2.05) is 6.07 Å². The van der Waals surface area contributed by atoms with Gasteiger partial charge in [0.1, 0.15) is 17.2 Å². The van der Waals surface area contributed by atoms with E-state index in [0.717, 1.165) is 4.47 Å². The van der Waals surface area contributed by atoms with Gasteiger partial charge < -0.3 is 9.47 Å². The summed E-state index contributed by atoms with van der Waals surface area (Å²) in [6.45, 7) is 10.6. The minimum Gasteiger partial charge on any atom is -0.460 e. The number of carbonyl (C=O) groups is 2. The third-order valence-corrected chi connectivity index (χ3v) is 4.58. The van der Waals surface area contributed by atoms with Crippen LogP contribution in [0.15, 0.2) is 27.5 Å². The van der Waals surface area contributed by atoms with Crippen LogP contribution in [0.2, 0.25) is 0 Å². The van der Waals surface area contributed by atoms with Gasteiger partial charge in [-0.2, -0.15) is 0 Å². The second-order valence-corrected chi connectivity index (χ2v) is 9.93. The quantitative estimate of drug-likeness (QED) is 0.616. The lowest BCUT2D eigenvalue weighted by molar-refractivity contribution is -0.160. The van der Waals surface area contributed by atoms with Crippen LogP contribution in [0.5, 0.6) is 0 Å². The molecule has 7 nitrogen and oxygen atoms in total. The van der Waals surface area contributed by atoms with Crippen LogP contribution in [0.25, 0.3) is 11.0 Å². The van der Waals surface area contributed by atoms with Crippen molar-refractivity contribution in [1.29, 1.82) is 0 Å². The molecule has 0 saturated carbocycles. The predicted octanol–water partition coefficient (Wildman–Crippen LogP) is 4.11. The number of rotatable bonds is 5. The highest BCUT2D eigenvalue weighted by atomic mass is 79.9. The molecule has 160 valence electrons. The number of esters is 2. The standard InChI is InChI=1S/C21H29BrN2O5/c1-20(2,3)28-17(25)11-10-15(18(26)29-21(4,5)6)24-14-9-8-13(22)12-16(14)23(7)19(24)27/h8-9,12,15H,10-11H2,1-7H3/t15-/m0/s1. The molecule has 8 heteroatoms. The Kier molecular flexibility index (Phi) is 6.67. The molecular formula is C21H29BrN2O5. The second kappa shape index (κ2) is 8.34. The normalized spacial score (nSPS) is 13.4. The summed E-state index contributed by atoms with van der Waals surface area (Å²) in [5.74, 6) is -0.985. The van der Waals surface area contributed by atoms with Gasteiger partial charge in [-0.25, -0.2) is 9.59 Å². The number of halogens is 1. The summed E-state index contributed by atoms with van der Waals surface area (Å²) in [7, 11) is 1.65. The van der Waals surface area contributed by atoms with Crippen LogP contribution in [0.3, 0.4) is 0 Å². The van der Waals surface area contributed by atoms with Crippen LogP contribution in [0.1, 0.15) is 60.4 Å². The van der Waals surface area contributed by atoms with Crippen LogP contribution in [-0.2, 0) is 26.1 Å². The molecule has 0 aliphatic heterocycles. The zero-order valence-electron chi connectivity index (χ0n) is 18.0. The molecular weight excluding hydrogens is 440 g/mol. The lowest BCUT2D eigenvalue weighted by atomic mass is 10.1. The van der Waals surface area contributed by atoms with E-state index in [0.29, 0.717) is 11.0 Å². The third-order valence-electron chi connectivity index (χ3n) is 4.08. The van der Waals surface area contributed by atoms with Gasteiger partial charge >= 0.3 is 17.6 Å². The van der Waals surface area contributed by atoms with Gasteiger partial charge in [0.2, 0.25) is 0 Å². The number of fused-ring (bicyclic) bond motifs is 1. The number of carbonyl (C=O) groups excluding carboxylic acids is 2. The zero-order valence-corrected chi connectivity index (χ0v) is 19.6. The van der Waals surface area contributed by atoms with E-state index in [9.17, 15) is 14.4 Å². The van der Waals surface area contributed by atoms with Crippen LogP contribution in [0, 0.1) is 0 Å². The van der Waals surface area contributed by atoms with E-state index >= 15 is 0 Å². The number of hydrogen-bond donors (Lipinski definition) is 0. The Morgan fingerprint density at radius 3 is 2.17 bits per heavy atom. The molecule has 0 unspecified atom stereocenters. The molecule has 1 atom stereocenters. The topological polar surface area (TPSA) is 79.5 Å². The van der Waals surface area contributed by atoms with Gasteiger partial charge in [-0.15, -0.1) is 0 Å². The second-order valence-electron chi connectivity index (χ2n) is 9.02. The van der Waals surface area contributed by atoms with Crippen molar-refractivity contribution in [2.75, 3.05) is 0 Å². The van der Waals surface area contributed by atoms with E-state index in [4.69, 9.17) is 9.47 Å². The van der Waals surface area contributed by atoms with Crippen LogP contribution in [-0.4, -0.2) is 32.3 Å². The fourth-order valence-corrected chi connectivity index (χ4v) is 3.36. The Morgan fingerprint density at radius 1 is 1.03 bits per heavy atom. The molecule has 0 radical (unpaired) electrons. The van der Waals surface area contributed by atoms with E-state index in [1.54, 1.807) is 60.7 Å². The highest BCUT2D eigenvalue weighted by Crippen LogP contribution is 2.26. The number of hydrogen-bond acceptors (Lipinski definition) is 5. The molecule has 0 aliphatic carbocycles. The molecule has 0 N–H and O–H groups in total. The highest BCUT2D eigenvalue weighted by Gasteiger charge is 2.31. The number of nitrogens with zero attached hydrogens (tertiary/aromatic N) is 2. The van der Waals surface area contributed by atoms with Crippen molar-refractivity contribution < 1.29 is 19.1 Å². The number of benzene rings is 1. The van der Waals surface area contributed by atoms with Gasteiger partial charge in [0, 0.05) is 17.9 Å². The molecule has 0 saturated heterocycles. The molecule has 1 aromatic carbocycles. The number of aromatic nitrogens is 2. The van der Waals surface area contributed by atoms with E-state index in [2.05, 4.69) is 15.9 Å². The Labute approximate surface area is 179 Å². The molecule has 1 heterocycles. The summed E-state index contributed by atoms with van der Waals surface area (Å²) in [6, 6.07) is 4.44. The summed E-state index contributed by atoms with van der Waals surface area (Å²) >= 11 is 3.41. The molecule has 2 rings (SSSR count). The first kappa shape index (κ1) is 23.2. The maximum atomic E-state index is 13.0. The SMILES string of the molecule is Cn1c(=O)n([C@@H](CCC(=O)OC(C)(C)C)C(=O)OC(C)(C)C)c2ccc(Br)cc21. The molecule has 0 bridgehead atoms. The Balaban J connectivity index is 2.47. The lowest BCUT2D eigenvalue weighted by Gasteiger charge is -2.25. The van der Waals surface area contributed by atoms with Crippen molar-refractivity contribution in [3.8, 4) is 0 Å². The summed E-state index contributed by atoms with van der Waals surface area (Å²) in [5, 5.41) is 0. The maximum absolute atomic E-state index is 13.0. The first-order valence-electron chi connectivity index (χ1n) is 9.51. The first-order chi connectivity index (χ1) is 13.2. The van der Waals surface area contributed by atoms with Crippen molar-refractivity contribution in [3.63, 3.8) is 0 Å². The average molecular weight is 469 g/mol. The Hall–Kier alpha value is -2.09. The van der Waals surface area contributed by atoms with Gasteiger partial charge in [0.25, 0.3) is 0 Å². The fourth-order valence-electron chi connectivity index (χ4n) is 3.01. The third kappa shape index (κ3) is 5.95. The predicted molar refractivity (Wildman–Crippen MR) is 115 cm³/mol. The Morgan fingerprint density at radius 2 is 1.62 bits per heavy atom. The molecule has 0 aliphatic rings. The van der Waals surface area contributed by atoms with Gasteiger partial charge in [0.05, 0.1) is 11.0 Å². The largest absolute Gasteiger partial charge is 0.460 e. The smallest absolute Gasteiger partial charge is 0.329 e. The van der Waals surface area contributed by atoms with E-state index in [-0.39, 0.29) is 18.5 Å². The van der Waals surface area contributed by atoms with Crippen molar-refractivity contribution in [3.05, 3.63) is 33.2 Å². The van der Waals surface area contributed by atoms with Crippen molar-refractivity contribution in [2.45, 2.75) is 71.6 Å². The highest BCUT2D eigenvalue weighted by molar-refractivity contribution is 9.10. The minimum absolute atomic E-state index is 0.0134. The van der Waals surface area contributed by atoms with Gasteiger partial charge in [-0.05, 0) is 66.2 Å². The van der Waals surface area contributed by atoms with E-state index < -0.39 is 29.2 Å². The summed E-state index contributed by atoms with van der Waals surface area (Å²) < 4.78 is 14.6. The molecule has 0 spiro atoms. The average Bonchev–Trinajstić information content (AvgIpc) is 2.76. The lowest BCUT2D eigenvalue weighted by Crippen LogP contribution is -2.36. The number of imidazole rings is 1. The van der Waals surface area contributed by atoms with Crippen molar-refractivity contribution in [2.24, 2.45) is 7.05 Å². The summed E-state index contributed by atoms with van der Waals surface area (Å²) in [6.07, 6.45) is 0.0828. The van der Waals surface area contributed by atoms with Crippen LogP contribution < -0.4 is 5.69 Å².